The van der Waals surface area contributed by atoms with Crippen molar-refractivity contribution in [2.24, 2.45) is 5.73 Å². The molecule has 0 bridgehead atoms. The van der Waals surface area contributed by atoms with Crippen LogP contribution in [0.2, 0.25) is 5.02 Å². The van der Waals surface area contributed by atoms with Gasteiger partial charge >= 0.3 is 0 Å². The van der Waals surface area contributed by atoms with Gasteiger partial charge in [0, 0.05) is 12.2 Å². The van der Waals surface area contributed by atoms with Crippen molar-refractivity contribution in [1.82, 2.24) is 5.32 Å². The summed E-state index contributed by atoms with van der Waals surface area (Å²) in [7, 11) is 0. The number of benzene rings is 1. The van der Waals surface area contributed by atoms with Gasteiger partial charge in [0.1, 0.15) is 0 Å². The summed E-state index contributed by atoms with van der Waals surface area (Å²) in [4.78, 5) is 23.8. The highest BCUT2D eigenvalue weighted by Gasteiger charge is 2.15. The number of anilines is 1. The molecule has 1 aromatic carbocycles. The number of carbonyl (C=O) groups excluding carboxylic acids is 2. The van der Waals surface area contributed by atoms with E-state index in [2.05, 4.69) is 10.6 Å². The first kappa shape index (κ1) is 22.1. The number of rotatable bonds is 8. The Hall–Kier alpha value is -0.950. The van der Waals surface area contributed by atoms with E-state index in [9.17, 15) is 9.59 Å². The molecule has 2 amide bonds. The van der Waals surface area contributed by atoms with Crippen molar-refractivity contribution in [1.29, 1.82) is 0 Å². The summed E-state index contributed by atoms with van der Waals surface area (Å²) in [5.41, 5.74) is 6.72. The van der Waals surface area contributed by atoms with E-state index in [4.69, 9.17) is 17.3 Å². The Labute approximate surface area is 152 Å². The molecule has 0 radical (unpaired) electrons. The first-order valence-corrected chi connectivity index (χ1v) is 8.89. The molecule has 23 heavy (non-hydrogen) atoms. The van der Waals surface area contributed by atoms with Gasteiger partial charge in [0.05, 0.1) is 16.6 Å². The van der Waals surface area contributed by atoms with Crippen molar-refractivity contribution < 1.29 is 9.59 Å². The van der Waals surface area contributed by atoms with Gasteiger partial charge in [0.25, 0.3) is 5.91 Å². The summed E-state index contributed by atoms with van der Waals surface area (Å²) in [5.74, 6) is 0.348. The van der Waals surface area contributed by atoms with Crippen molar-refractivity contribution in [2.75, 3.05) is 23.9 Å². The number of nitrogens with one attached hydrogen (secondary N) is 2. The predicted molar refractivity (Wildman–Crippen MR) is 101 cm³/mol. The van der Waals surface area contributed by atoms with E-state index in [0.717, 1.165) is 12.2 Å². The van der Waals surface area contributed by atoms with Crippen LogP contribution >= 0.6 is 35.8 Å². The average molecular weight is 380 g/mol. The van der Waals surface area contributed by atoms with Gasteiger partial charge in [-0.2, -0.15) is 11.8 Å². The molecule has 4 N–H and O–H groups in total. The van der Waals surface area contributed by atoms with Crippen LogP contribution in [0.1, 0.15) is 30.1 Å². The van der Waals surface area contributed by atoms with E-state index >= 15 is 0 Å². The average Bonchev–Trinajstić information content (AvgIpc) is 2.50. The smallest absolute Gasteiger partial charge is 0.252 e. The summed E-state index contributed by atoms with van der Waals surface area (Å²) >= 11 is 7.75. The van der Waals surface area contributed by atoms with E-state index in [1.165, 1.54) is 0 Å². The minimum atomic E-state index is -0.557. The minimum absolute atomic E-state index is 0. The molecule has 0 saturated carbocycles. The molecular weight excluding hydrogens is 357 g/mol. The van der Waals surface area contributed by atoms with Gasteiger partial charge in [-0.1, -0.05) is 18.5 Å². The fourth-order valence-electron chi connectivity index (χ4n) is 1.72. The number of hydrogen-bond acceptors (Lipinski definition) is 4. The van der Waals surface area contributed by atoms with Crippen LogP contribution in [-0.2, 0) is 4.79 Å². The summed E-state index contributed by atoms with van der Waals surface area (Å²) in [5, 5.41) is 5.76. The molecule has 0 fully saturated rings. The molecule has 130 valence electrons. The van der Waals surface area contributed by atoms with Gasteiger partial charge in [0.2, 0.25) is 5.91 Å². The number of halogens is 2. The zero-order valence-electron chi connectivity index (χ0n) is 13.2. The molecule has 5 nitrogen and oxygen atoms in total. The van der Waals surface area contributed by atoms with Crippen LogP contribution in [0.3, 0.4) is 0 Å². The fourth-order valence-corrected chi connectivity index (χ4v) is 2.48. The summed E-state index contributed by atoms with van der Waals surface area (Å²) in [6.07, 6.45) is 3.43. The second-order valence-corrected chi connectivity index (χ2v) is 6.22. The van der Waals surface area contributed by atoms with Crippen LogP contribution in [0.5, 0.6) is 0 Å². The molecule has 1 atom stereocenters. The van der Waals surface area contributed by atoms with E-state index in [1.807, 2.05) is 13.2 Å². The van der Waals surface area contributed by atoms with E-state index in [-0.39, 0.29) is 24.2 Å². The molecule has 0 spiro atoms. The van der Waals surface area contributed by atoms with Gasteiger partial charge in [-0.3, -0.25) is 9.59 Å². The van der Waals surface area contributed by atoms with Crippen LogP contribution in [0.4, 0.5) is 5.69 Å². The van der Waals surface area contributed by atoms with Gasteiger partial charge in [-0.25, -0.2) is 0 Å². The molecule has 0 heterocycles. The molecule has 0 aliphatic heterocycles. The summed E-state index contributed by atoms with van der Waals surface area (Å²) in [6, 6.07) is 4.24. The molecule has 0 aliphatic carbocycles. The number of nitrogens with two attached hydrogens (primary N) is 1. The third-order valence-corrected chi connectivity index (χ3v) is 3.94. The second-order valence-electron chi connectivity index (χ2n) is 4.83. The highest BCUT2D eigenvalue weighted by Crippen LogP contribution is 2.21. The van der Waals surface area contributed by atoms with Crippen LogP contribution in [0, 0.1) is 0 Å². The van der Waals surface area contributed by atoms with Crippen molar-refractivity contribution in [3.8, 4) is 0 Å². The first-order chi connectivity index (χ1) is 10.5. The topological polar surface area (TPSA) is 84.2 Å². The Balaban J connectivity index is 0.00000484. The van der Waals surface area contributed by atoms with Crippen molar-refractivity contribution in [3.63, 3.8) is 0 Å². The Kier molecular flexibility index (Phi) is 11.1. The molecule has 0 aliphatic rings. The molecule has 0 saturated heterocycles. The standard InChI is InChI=1S/C15H22ClN3O2S.ClH/c1-3-7-18-14(20)11-5-4-10(9-12(11)16)19-15(21)13(17)6-8-22-2;/h4-5,9,13H,3,6-8,17H2,1-2H3,(H,18,20)(H,19,21);1H/t13-;/m0./s1. The lowest BCUT2D eigenvalue weighted by Crippen LogP contribution is -2.36. The van der Waals surface area contributed by atoms with Crippen molar-refractivity contribution >= 4 is 53.3 Å². The second kappa shape index (κ2) is 11.6. The quantitative estimate of drug-likeness (QED) is 0.648. The summed E-state index contributed by atoms with van der Waals surface area (Å²) in [6.45, 7) is 2.57. The van der Waals surface area contributed by atoms with Crippen LogP contribution in [0.25, 0.3) is 0 Å². The predicted octanol–water partition coefficient (Wildman–Crippen LogP) is 2.92. The van der Waals surface area contributed by atoms with Crippen LogP contribution in [-0.4, -0.2) is 36.4 Å². The molecule has 0 unspecified atom stereocenters. The zero-order valence-corrected chi connectivity index (χ0v) is 15.6. The molecule has 1 aromatic rings. The number of amides is 2. The lowest BCUT2D eigenvalue weighted by Gasteiger charge is -2.13. The van der Waals surface area contributed by atoms with Crippen LogP contribution < -0.4 is 16.4 Å². The largest absolute Gasteiger partial charge is 0.352 e. The maximum Gasteiger partial charge on any atom is 0.252 e. The Bertz CT molecular complexity index is 529. The molecule has 0 aromatic heterocycles. The zero-order chi connectivity index (χ0) is 16.5. The Morgan fingerprint density at radius 3 is 2.65 bits per heavy atom. The van der Waals surface area contributed by atoms with Gasteiger partial charge in [-0.05, 0) is 43.0 Å². The third-order valence-electron chi connectivity index (χ3n) is 2.99. The third kappa shape index (κ3) is 7.44. The molecule has 8 heteroatoms. The minimum Gasteiger partial charge on any atom is -0.352 e. The molecular formula is C15H23Cl2N3O2S. The fraction of sp³-hybridized carbons (Fsp3) is 0.467. The first-order valence-electron chi connectivity index (χ1n) is 7.12. The Morgan fingerprint density at radius 1 is 1.39 bits per heavy atom. The highest BCUT2D eigenvalue weighted by atomic mass is 35.5. The maximum absolute atomic E-state index is 11.9. The highest BCUT2D eigenvalue weighted by molar-refractivity contribution is 7.98. The monoisotopic (exact) mass is 379 g/mol. The van der Waals surface area contributed by atoms with E-state index < -0.39 is 6.04 Å². The van der Waals surface area contributed by atoms with E-state index in [1.54, 1.807) is 30.0 Å². The molecule has 1 rings (SSSR count). The summed E-state index contributed by atoms with van der Waals surface area (Å²) < 4.78 is 0. The number of hydrogen-bond donors (Lipinski definition) is 3. The van der Waals surface area contributed by atoms with Crippen molar-refractivity contribution in [3.05, 3.63) is 28.8 Å². The van der Waals surface area contributed by atoms with Gasteiger partial charge < -0.3 is 16.4 Å². The SMILES string of the molecule is CCCNC(=O)c1ccc(NC(=O)[C@@H](N)CCSC)cc1Cl.Cl. The van der Waals surface area contributed by atoms with Crippen molar-refractivity contribution in [2.45, 2.75) is 25.8 Å². The normalized spacial score (nSPS) is 11.3. The Morgan fingerprint density at radius 2 is 2.09 bits per heavy atom. The van der Waals surface area contributed by atoms with Gasteiger partial charge in [-0.15, -0.1) is 12.4 Å². The lowest BCUT2D eigenvalue weighted by molar-refractivity contribution is -0.117. The number of carbonyl (C=O) groups is 2. The lowest BCUT2D eigenvalue weighted by atomic mass is 10.1. The maximum atomic E-state index is 11.9. The number of thioether (sulfide) groups is 1. The van der Waals surface area contributed by atoms with Crippen LogP contribution in [0.15, 0.2) is 18.2 Å². The van der Waals surface area contributed by atoms with E-state index in [0.29, 0.717) is 29.2 Å². The van der Waals surface area contributed by atoms with Gasteiger partial charge in [0.15, 0.2) is 0 Å².